The van der Waals surface area contributed by atoms with E-state index in [1.807, 2.05) is 19.1 Å². The van der Waals surface area contributed by atoms with E-state index in [2.05, 4.69) is 20.7 Å². The standard InChI is InChI=1S/C12H13N5O/c1-8-3-2-4-10(15-8)16-12(18)9-5-6-14-11(7-9)17-13/h2-7H,13H2,1H3,(H,14,17)(H,15,16,18). The molecule has 0 atom stereocenters. The molecule has 6 heteroatoms. The van der Waals surface area contributed by atoms with Gasteiger partial charge in [0, 0.05) is 17.5 Å². The van der Waals surface area contributed by atoms with E-state index in [4.69, 9.17) is 5.84 Å². The van der Waals surface area contributed by atoms with Crippen LogP contribution in [0, 0.1) is 6.92 Å². The summed E-state index contributed by atoms with van der Waals surface area (Å²) < 4.78 is 0. The lowest BCUT2D eigenvalue weighted by molar-refractivity contribution is 0.102. The zero-order valence-corrected chi connectivity index (χ0v) is 9.84. The third-order valence-corrected chi connectivity index (χ3v) is 2.30. The number of rotatable bonds is 3. The topological polar surface area (TPSA) is 92.9 Å². The van der Waals surface area contributed by atoms with Crippen LogP contribution < -0.4 is 16.6 Å². The summed E-state index contributed by atoms with van der Waals surface area (Å²) in [7, 11) is 0. The van der Waals surface area contributed by atoms with Crippen LogP contribution in [0.3, 0.4) is 0 Å². The Bertz CT molecular complexity index is 570. The van der Waals surface area contributed by atoms with Crippen molar-refractivity contribution in [3.8, 4) is 0 Å². The fourth-order valence-electron chi connectivity index (χ4n) is 1.45. The van der Waals surface area contributed by atoms with Crippen LogP contribution in [0.4, 0.5) is 11.6 Å². The first-order valence-electron chi connectivity index (χ1n) is 5.37. The number of anilines is 2. The highest BCUT2D eigenvalue weighted by molar-refractivity contribution is 6.04. The first kappa shape index (κ1) is 12.0. The normalized spacial score (nSPS) is 9.89. The second-order valence-electron chi connectivity index (χ2n) is 3.69. The van der Waals surface area contributed by atoms with Crippen molar-refractivity contribution in [3.63, 3.8) is 0 Å². The van der Waals surface area contributed by atoms with Crippen LogP contribution >= 0.6 is 0 Å². The molecule has 0 radical (unpaired) electrons. The van der Waals surface area contributed by atoms with Gasteiger partial charge in [0.1, 0.15) is 11.6 Å². The van der Waals surface area contributed by atoms with E-state index < -0.39 is 0 Å². The zero-order valence-electron chi connectivity index (χ0n) is 9.84. The molecule has 2 heterocycles. The molecule has 2 rings (SSSR count). The van der Waals surface area contributed by atoms with Gasteiger partial charge in [-0.2, -0.15) is 0 Å². The monoisotopic (exact) mass is 243 g/mol. The summed E-state index contributed by atoms with van der Waals surface area (Å²) in [4.78, 5) is 20.1. The molecule has 0 saturated carbocycles. The van der Waals surface area contributed by atoms with Crippen LogP contribution in [-0.4, -0.2) is 15.9 Å². The highest BCUT2D eigenvalue weighted by Gasteiger charge is 2.07. The van der Waals surface area contributed by atoms with E-state index in [1.54, 1.807) is 18.2 Å². The molecule has 1 amide bonds. The van der Waals surface area contributed by atoms with Gasteiger partial charge in [-0.1, -0.05) is 6.07 Å². The molecule has 0 aliphatic carbocycles. The van der Waals surface area contributed by atoms with Crippen molar-refractivity contribution >= 4 is 17.5 Å². The third-order valence-electron chi connectivity index (χ3n) is 2.30. The van der Waals surface area contributed by atoms with Gasteiger partial charge in [-0.15, -0.1) is 0 Å². The first-order chi connectivity index (χ1) is 8.69. The molecule has 0 unspecified atom stereocenters. The summed E-state index contributed by atoms with van der Waals surface area (Å²) >= 11 is 0. The Morgan fingerprint density at radius 2 is 2.11 bits per heavy atom. The molecule has 0 saturated heterocycles. The van der Waals surface area contributed by atoms with E-state index in [0.29, 0.717) is 17.2 Å². The predicted octanol–water partition coefficient (Wildman–Crippen LogP) is 1.32. The largest absolute Gasteiger partial charge is 0.308 e. The molecule has 0 fully saturated rings. The summed E-state index contributed by atoms with van der Waals surface area (Å²) in [5.41, 5.74) is 3.69. The number of nitrogens with two attached hydrogens (primary N) is 1. The second kappa shape index (κ2) is 5.24. The number of aromatic nitrogens is 2. The van der Waals surface area contributed by atoms with E-state index in [0.717, 1.165) is 5.69 Å². The van der Waals surface area contributed by atoms with Gasteiger partial charge in [0.2, 0.25) is 0 Å². The summed E-state index contributed by atoms with van der Waals surface area (Å²) in [6.45, 7) is 1.86. The number of nitrogens with zero attached hydrogens (tertiary/aromatic N) is 2. The molecule has 92 valence electrons. The van der Waals surface area contributed by atoms with E-state index in [9.17, 15) is 4.79 Å². The second-order valence-corrected chi connectivity index (χ2v) is 3.69. The first-order valence-corrected chi connectivity index (χ1v) is 5.37. The highest BCUT2D eigenvalue weighted by atomic mass is 16.1. The minimum atomic E-state index is -0.257. The molecule has 2 aromatic heterocycles. The van der Waals surface area contributed by atoms with Crippen LogP contribution in [-0.2, 0) is 0 Å². The molecule has 2 aromatic rings. The summed E-state index contributed by atoms with van der Waals surface area (Å²) in [6.07, 6.45) is 1.51. The maximum Gasteiger partial charge on any atom is 0.257 e. The van der Waals surface area contributed by atoms with Crippen molar-refractivity contribution in [3.05, 3.63) is 47.8 Å². The number of nitrogens with one attached hydrogen (secondary N) is 2. The number of hydrogen-bond donors (Lipinski definition) is 3. The average molecular weight is 243 g/mol. The molecule has 0 aliphatic rings. The minimum Gasteiger partial charge on any atom is -0.308 e. The third kappa shape index (κ3) is 2.80. The van der Waals surface area contributed by atoms with E-state index >= 15 is 0 Å². The number of carbonyl (C=O) groups is 1. The highest BCUT2D eigenvalue weighted by Crippen LogP contribution is 2.09. The lowest BCUT2D eigenvalue weighted by Crippen LogP contribution is -2.15. The number of hydrogen-bond acceptors (Lipinski definition) is 5. The number of carbonyl (C=O) groups excluding carboxylic acids is 1. The average Bonchev–Trinajstić information content (AvgIpc) is 2.39. The van der Waals surface area contributed by atoms with E-state index in [1.165, 1.54) is 6.20 Å². The van der Waals surface area contributed by atoms with Gasteiger partial charge in [0.25, 0.3) is 5.91 Å². The lowest BCUT2D eigenvalue weighted by Gasteiger charge is -2.06. The number of amides is 1. The zero-order chi connectivity index (χ0) is 13.0. The number of aryl methyl sites for hydroxylation is 1. The maximum atomic E-state index is 11.9. The Morgan fingerprint density at radius 3 is 2.83 bits per heavy atom. The van der Waals surface area contributed by atoms with Gasteiger partial charge in [-0.05, 0) is 31.2 Å². The van der Waals surface area contributed by atoms with Crippen molar-refractivity contribution in [1.82, 2.24) is 9.97 Å². The molecule has 4 N–H and O–H groups in total. The Kier molecular flexibility index (Phi) is 3.49. The number of nitrogen functional groups attached to an aromatic ring is 1. The van der Waals surface area contributed by atoms with Crippen molar-refractivity contribution < 1.29 is 4.79 Å². The van der Waals surface area contributed by atoms with Crippen LogP contribution in [0.25, 0.3) is 0 Å². The van der Waals surface area contributed by atoms with Gasteiger partial charge in [0.15, 0.2) is 0 Å². The van der Waals surface area contributed by atoms with Gasteiger partial charge >= 0.3 is 0 Å². The van der Waals surface area contributed by atoms with Gasteiger partial charge in [-0.25, -0.2) is 15.8 Å². The molecule has 0 bridgehead atoms. The van der Waals surface area contributed by atoms with Gasteiger partial charge < -0.3 is 10.7 Å². The van der Waals surface area contributed by atoms with Crippen LogP contribution in [0.2, 0.25) is 0 Å². The Hall–Kier alpha value is -2.47. The summed E-state index contributed by atoms with van der Waals surface area (Å²) in [5.74, 6) is 5.92. The lowest BCUT2D eigenvalue weighted by atomic mass is 10.2. The Labute approximate surface area is 104 Å². The smallest absolute Gasteiger partial charge is 0.257 e. The Balaban J connectivity index is 2.16. The summed E-state index contributed by atoms with van der Waals surface area (Å²) in [5, 5.41) is 2.70. The van der Waals surface area contributed by atoms with E-state index in [-0.39, 0.29) is 5.91 Å². The molecular weight excluding hydrogens is 230 g/mol. The predicted molar refractivity (Wildman–Crippen MR) is 69.0 cm³/mol. The fraction of sp³-hybridized carbons (Fsp3) is 0.0833. The molecule has 0 spiro atoms. The molecule has 6 nitrogen and oxygen atoms in total. The van der Waals surface area contributed by atoms with Crippen molar-refractivity contribution in [1.29, 1.82) is 0 Å². The molecular formula is C12H13N5O. The fourth-order valence-corrected chi connectivity index (χ4v) is 1.45. The minimum absolute atomic E-state index is 0.257. The quantitative estimate of drug-likeness (QED) is 0.558. The van der Waals surface area contributed by atoms with Crippen molar-refractivity contribution in [2.24, 2.45) is 5.84 Å². The molecule has 18 heavy (non-hydrogen) atoms. The Morgan fingerprint density at radius 1 is 1.28 bits per heavy atom. The number of pyridine rings is 2. The number of hydrazine groups is 1. The SMILES string of the molecule is Cc1cccc(NC(=O)c2ccnc(NN)c2)n1. The van der Waals surface area contributed by atoms with Crippen molar-refractivity contribution in [2.75, 3.05) is 10.7 Å². The van der Waals surface area contributed by atoms with Crippen LogP contribution in [0.1, 0.15) is 16.1 Å². The van der Waals surface area contributed by atoms with Crippen LogP contribution in [0.15, 0.2) is 36.5 Å². The molecule has 0 aromatic carbocycles. The summed E-state index contributed by atoms with van der Waals surface area (Å²) in [6, 6.07) is 8.58. The van der Waals surface area contributed by atoms with Gasteiger partial charge in [0.05, 0.1) is 0 Å². The maximum absolute atomic E-state index is 11.9. The molecule has 0 aliphatic heterocycles. The van der Waals surface area contributed by atoms with Crippen LogP contribution in [0.5, 0.6) is 0 Å². The van der Waals surface area contributed by atoms with Crippen molar-refractivity contribution in [2.45, 2.75) is 6.92 Å². The van der Waals surface area contributed by atoms with Gasteiger partial charge in [-0.3, -0.25) is 4.79 Å².